The van der Waals surface area contributed by atoms with Crippen molar-refractivity contribution in [2.75, 3.05) is 11.1 Å². The average Bonchev–Trinajstić information content (AvgIpc) is 2.23. The Morgan fingerprint density at radius 1 is 1.24 bits per heavy atom. The molecule has 0 spiro atoms. The third kappa shape index (κ3) is 3.08. The zero-order valence-electron chi connectivity index (χ0n) is 8.42. The van der Waals surface area contributed by atoms with E-state index in [1.807, 2.05) is 12.1 Å². The van der Waals surface area contributed by atoms with Crippen LogP contribution in [0.2, 0.25) is 5.02 Å². The van der Waals surface area contributed by atoms with Gasteiger partial charge in [0.2, 0.25) is 5.95 Å². The molecule has 0 fully saturated rings. The lowest BCUT2D eigenvalue weighted by atomic mass is 10.3. The summed E-state index contributed by atoms with van der Waals surface area (Å²) in [6.45, 7) is 0. The van der Waals surface area contributed by atoms with Crippen LogP contribution in [0.4, 0.5) is 17.5 Å². The lowest BCUT2D eigenvalue weighted by Crippen LogP contribution is -2.01. The second kappa shape index (κ2) is 5.20. The Morgan fingerprint density at radius 2 is 2.00 bits per heavy atom. The molecular formula is C10H7Br2ClN4. The van der Waals surface area contributed by atoms with E-state index in [9.17, 15) is 0 Å². The average molecular weight is 378 g/mol. The Balaban J connectivity index is 2.34. The van der Waals surface area contributed by atoms with E-state index < -0.39 is 0 Å². The molecule has 3 N–H and O–H groups in total. The predicted octanol–water partition coefficient (Wildman–Crippen LogP) is 3.98. The lowest BCUT2D eigenvalue weighted by molar-refractivity contribution is 1.15. The van der Waals surface area contributed by atoms with E-state index in [4.69, 9.17) is 17.3 Å². The number of benzene rings is 1. The van der Waals surface area contributed by atoms with Gasteiger partial charge in [-0.15, -0.1) is 0 Å². The van der Waals surface area contributed by atoms with Crippen LogP contribution in [0.1, 0.15) is 0 Å². The standard InChI is InChI=1S/C10H7Br2ClN4/c11-7-4-8(14)17-10(16-7)15-6-3-1-2-5(13)9(6)12/h1-4H,(H3,14,15,16,17). The summed E-state index contributed by atoms with van der Waals surface area (Å²) in [6.07, 6.45) is 0. The molecule has 17 heavy (non-hydrogen) atoms. The van der Waals surface area contributed by atoms with Gasteiger partial charge in [0.05, 0.1) is 15.2 Å². The summed E-state index contributed by atoms with van der Waals surface area (Å²) in [6, 6.07) is 7.10. The first kappa shape index (κ1) is 12.6. The highest BCUT2D eigenvalue weighted by atomic mass is 79.9. The molecular weight excluding hydrogens is 371 g/mol. The summed E-state index contributed by atoms with van der Waals surface area (Å²) >= 11 is 12.6. The minimum Gasteiger partial charge on any atom is -0.383 e. The maximum Gasteiger partial charge on any atom is 0.230 e. The predicted molar refractivity (Wildman–Crippen MR) is 76.6 cm³/mol. The van der Waals surface area contributed by atoms with Crippen LogP contribution in [0.3, 0.4) is 0 Å². The molecule has 0 aliphatic rings. The van der Waals surface area contributed by atoms with E-state index in [-0.39, 0.29) is 0 Å². The van der Waals surface area contributed by atoms with Gasteiger partial charge in [-0.05, 0) is 44.0 Å². The van der Waals surface area contributed by atoms with Crippen molar-refractivity contribution in [2.24, 2.45) is 0 Å². The van der Waals surface area contributed by atoms with Gasteiger partial charge in [-0.2, -0.15) is 4.98 Å². The van der Waals surface area contributed by atoms with Crippen LogP contribution in [0.15, 0.2) is 33.3 Å². The van der Waals surface area contributed by atoms with Crippen molar-refractivity contribution in [1.82, 2.24) is 9.97 Å². The van der Waals surface area contributed by atoms with Crippen LogP contribution in [-0.2, 0) is 0 Å². The van der Waals surface area contributed by atoms with E-state index in [1.165, 1.54) is 0 Å². The third-order valence-corrected chi connectivity index (χ3v) is 3.72. The van der Waals surface area contributed by atoms with Gasteiger partial charge in [0.1, 0.15) is 10.4 Å². The van der Waals surface area contributed by atoms with E-state index in [1.54, 1.807) is 12.1 Å². The quantitative estimate of drug-likeness (QED) is 0.776. The second-order valence-electron chi connectivity index (χ2n) is 3.17. The smallest absolute Gasteiger partial charge is 0.230 e. The van der Waals surface area contributed by atoms with Crippen LogP contribution < -0.4 is 11.1 Å². The summed E-state index contributed by atoms with van der Waals surface area (Å²) in [4.78, 5) is 8.21. The summed E-state index contributed by atoms with van der Waals surface area (Å²) in [5, 5.41) is 3.64. The van der Waals surface area contributed by atoms with Gasteiger partial charge >= 0.3 is 0 Å². The zero-order valence-corrected chi connectivity index (χ0v) is 12.3. The highest BCUT2D eigenvalue weighted by molar-refractivity contribution is 9.10. The highest BCUT2D eigenvalue weighted by Gasteiger charge is 2.06. The summed E-state index contributed by atoms with van der Waals surface area (Å²) < 4.78 is 1.37. The molecule has 0 bridgehead atoms. The lowest BCUT2D eigenvalue weighted by Gasteiger charge is -2.08. The van der Waals surface area contributed by atoms with Gasteiger partial charge in [0.15, 0.2) is 0 Å². The number of hydrogen-bond acceptors (Lipinski definition) is 4. The molecule has 1 heterocycles. The number of nitrogens with one attached hydrogen (secondary N) is 1. The number of hydrogen-bond donors (Lipinski definition) is 2. The maximum atomic E-state index is 5.98. The minimum absolute atomic E-state index is 0.382. The van der Waals surface area contributed by atoms with E-state index in [0.717, 1.165) is 10.2 Å². The second-order valence-corrected chi connectivity index (χ2v) is 5.18. The van der Waals surface area contributed by atoms with Crippen molar-refractivity contribution < 1.29 is 0 Å². The van der Waals surface area contributed by atoms with Crippen molar-refractivity contribution in [3.8, 4) is 0 Å². The van der Waals surface area contributed by atoms with Gasteiger partial charge in [-0.3, -0.25) is 0 Å². The first-order chi connectivity index (χ1) is 8.06. The van der Waals surface area contributed by atoms with Crippen molar-refractivity contribution >= 4 is 60.9 Å². The van der Waals surface area contributed by atoms with Crippen molar-refractivity contribution in [1.29, 1.82) is 0 Å². The van der Waals surface area contributed by atoms with Crippen LogP contribution in [0, 0.1) is 0 Å². The number of aromatic nitrogens is 2. The molecule has 0 saturated carbocycles. The molecule has 4 nitrogen and oxygen atoms in total. The van der Waals surface area contributed by atoms with Crippen LogP contribution in [0.5, 0.6) is 0 Å². The summed E-state index contributed by atoms with van der Waals surface area (Å²) in [5.41, 5.74) is 6.40. The fourth-order valence-corrected chi connectivity index (χ4v) is 2.15. The molecule has 88 valence electrons. The Hall–Kier alpha value is -0.850. The molecule has 0 aliphatic carbocycles. The Labute approximate surface area is 120 Å². The molecule has 0 amide bonds. The molecule has 0 aliphatic heterocycles. The molecule has 2 aromatic rings. The molecule has 0 radical (unpaired) electrons. The largest absolute Gasteiger partial charge is 0.383 e. The normalized spacial score (nSPS) is 10.3. The van der Waals surface area contributed by atoms with Crippen molar-refractivity contribution in [3.63, 3.8) is 0 Å². The van der Waals surface area contributed by atoms with Crippen LogP contribution in [-0.4, -0.2) is 9.97 Å². The summed E-state index contributed by atoms with van der Waals surface area (Å²) in [7, 11) is 0. The van der Waals surface area contributed by atoms with E-state index in [2.05, 4.69) is 47.1 Å². The molecule has 0 saturated heterocycles. The maximum absolute atomic E-state index is 5.98. The molecule has 1 aromatic heterocycles. The highest BCUT2D eigenvalue weighted by Crippen LogP contribution is 2.31. The third-order valence-electron chi connectivity index (χ3n) is 1.91. The molecule has 0 unspecified atom stereocenters. The number of anilines is 3. The van der Waals surface area contributed by atoms with Gasteiger partial charge in [-0.1, -0.05) is 17.7 Å². The topological polar surface area (TPSA) is 63.8 Å². The Bertz CT molecular complexity index is 542. The van der Waals surface area contributed by atoms with Gasteiger partial charge in [0, 0.05) is 6.07 Å². The molecule has 2 rings (SSSR count). The number of halogens is 3. The van der Waals surface area contributed by atoms with Gasteiger partial charge in [0.25, 0.3) is 0 Å². The Morgan fingerprint density at radius 3 is 2.71 bits per heavy atom. The first-order valence-corrected chi connectivity index (χ1v) is 6.54. The van der Waals surface area contributed by atoms with Crippen molar-refractivity contribution in [2.45, 2.75) is 0 Å². The molecule has 1 aromatic carbocycles. The number of nitrogens with zero attached hydrogens (tertiary/aromatic N) is 2. The van der Waals surface area contributed by atoms with Gasteiger partial charge < -0.3 is 11.1 Å². The Kier molecular flexibility index (Phi) is 3.86. The monoisotopic (exact) mass is 376 g/mol. The SMILES string of the molecule is Nc1cc(Br)nc(Nc2cccc(Cl)c2Br)n1. The molecule has 0 atom stereocenters. The number of nitrogen functional groups attached to an aromatic ring is 1. The zero-order chi connectivity index (χ0) is 12.4. The van der Waals surface area contributed by atoms with E-state index >= 15 is 0 Å². The minimum atomic E-state index is 0.382. The van der Waals surface area contributed by atoms with E-state index in [0.29, 0.717) is 21.4 Å². The first-order valence-electron chi connectivity index (χ1n) is 4.57. The number of nitrogens with two attached hydrogens (primary N) is 1. The molecule has 7 heteroatoms. The van der Waals surface area contributed by atoms with Crippen LogP contribution >= 0.6 is 43.5 Å². The summed E-state index contributed by atoms with van der Waals surface area (Å²) in [5.74, 6) is 0.785. The number of rotatable bonds is 2. The van der Waals surface area contributed by atoms with Crippen LogP contribution in [0.25, 0.3) is 0 Å². The van der Waals surface area contributed by atoms with Crippen molar-refractivity contribution in [3.05, 3.63) is 38.4 Å². The fourth-order valence-electron chi connectivity index (χ4n) is 1.21. The fraction of sp³-hybridized carbons (Fsp3) is 0. The van der Waals surface area contributed by atoms with Gasteiger partial charge in [-0.25, -0.2) is 4.98 Å².